The van der Waals surface area contributed by atoms with Gasteiger partial charge in [0.25, 0.3) is 0 Å². The number of nitrogens with one attached hydrogen (secondary N) is 1. The van der Waals surface area contributed by atoms with E-state index in [4.69, 9.17) is 0 Å². The van der Waals surface area contributed by atoms with Crippen LogP contribution in [0.5, 0.6) is 0 Å². The number of hydrogen-bond acceptors (Lipinski definition) is 2. The molecule has 4 nitrogen and oxygen atoms in total. The molecule has 1 aliphatic carbocycles. The first-order valence-electron chi connectivity index (χ1n) is 6.52. The van der Waals surface area contributed by atoms with Crippen LogP contribution < -0.4 is 5.32 Å². The second kappa shape index (κ2) is 5.08. The summed E-state index contributed by atoms with van der Waals surface area (Å²) in [7, 11) is 0. The molecule has 0 bridgehead atoms. The second-order valence-electron chi connectivity index (χ2n) is 5.22. The molecule has 2 amide bonds. The van der Waals surface area contributed by atoms with Gasteiger partial charge in [-0.05, 0) is 19.3 Å². The van der Waals surface area contributed by atoms with Crippen LogP contribution in [0.25, 0.3) is 0 Å². The Labute approximate surface area is 103 Å². The number of urea groups is 1. The maximum absolute atomic E-state index is 11.8. The molecule has 1 heterocycles. The summed E-state index contributed by atoms with van der Waals surface area (Å²) in [6.45, 7) is 5.44. The zero-order valence-corrected chi connectivity index (χ0v) is 10.3. The number of hydrogen-bond donors (Lipinski definition) is 2. The van der Waals surface area contributed by atoms with Crippen LogP contribution in [-0.2, 0) is 0 Å². The van der Waals surface area contributed by atoms with Gasteiger partial charge < -0.3 is 15.3 Å². The highest BCUT2D eigenvalue weighted by molar-refractivity contribution is 5.74. The van der Waals surface area contributed by atoms with Crippen molar-refractivity contribution in [3.63, 3.8) is 0 Å². The Morgan fingerprint density at radius 3 is 3.12 bits per heavy atom. The van der Waals surface area contributed by atoms with E-state index in [9.17, 15) is 9.90 Å². The molecule has 2 N–H and O–H groups in total. The van der Waals surface area contributed by atoms with Crippen LogP contribution in [-0.4, -0.2) is 41.3 Å². The minimum Gasteiger partial charge on any atom is -0.389 e. The minimum atomic E-state index is -0.506. The molecule has 96 valence electrons. The first-order valence-corrected chi connectivity index (χ1v) is 6.52. The Balaban J connectivity index is 1.92. The molecule has 2 unspecified atom stereocenters. The molecule has 1 saturated heterocycles. The van der Waals surface area contributed by atoms with Crippen molar-refractivity contribution < 1.29 is 9.90 Å². The fourth-order valence-electron chi connectivity index (χ4n) is 3.03. The lowest BCUT2D eigenvalue weighted by Gasteiger charge is -2.47. The molecule has 0 spiro atoms. The van der Waals surface area contributed by atoms with Crippen molar-refractivity contribution in [1.29, 1.82) is 0 Å². The number of likely N-dealkylation sites (tertiary alicyclic amines) is 1. The SMILES string of the molecule is C=CCNC(=O)N1CCC2(O)CCCCC2C1. The van der Waals surface area contributed by atoms with Gasteiger partial charge in [0.05, 0.1) is 5.60 Å². The predicted octanol–water partition coefficient (Wildman–Crippen LogP) is 1.51. The average Bonchev–Trinajstić information content (AvgIpc) is 2.34. The number of piperidine rings is 1. The fraction of sp³-hybridized carbons (Fsp3) is 0.769. The summed E-state index contributed by atoms with van der Waals surface area (Å²) in [6.07, 6.45) is 6.64. The van der Waals surface area contributed by atoms with Gasteiger partial charge in [0, 0.05) is 25.6 Å². The van der Waals surface area contributed by atoms with E-state index in [1.807, 2.05) is 4.90 Å². The van der Waals surface area contributed by atoms with Crippen LogP contribution >= 0.6 is 0 Å². The number of nitrogens with zero attached hydrogens (tertiary/aromatic N) is 1. The van der Waals surface area contributed by atoms with Crippen molar-refractivity contribution in [3.05, 3.63) is 12.7 Å². The van der Waals surface area contributed by atoms with Crippen LogP contribution in [0.1, 0.15) is 32.1 Å². The van der Waals surface area contributed by atoms with Gasteiger partial charge in [-0.3, -0.25) is 0 Å². The highest BCUT2D eigenvalue weighted by Crippen LogP contribution is 2.39. The van der Waals surface area contributed by atoms with Crippen LogP contribution in [0.3, 0.4) is 0 Å². The monoisotopic (exact) mass is 238 g/mol. The lowest BCUT2D eigenvalue weighted by molar-refractivity contribution is -0.0870. The van der Waals surface area contributed by atoms with Crippen LogP contribution in [0.2, 0.25) is 0 Å². The molecule has 0 aromatic carbocycles. The maximum Gasteiger partial charge on any atom is 0.317 e. The number of amides is 2. The van der Waals surface area contributed by atoms with Gasteiger partial charge in [0.1, 0.15) is 0 Å². The summed E-state index contributed by atoms with van der Waals surface area (Å²) in [4.78, 5) is 13.6. The Kier molecular flexibility index (Phi) is 3.72. The van der Waals surface area contributed by atoms with E-state index in [1.165, 1.54) is 6.42 Å². The average molecular weight is 238 g/mol. The second-order valence-corrected chi connectivity index (χ2v) is 5.22. The molecule has 2 atom stereocenters. The van der Waals surface area contributed by atoms with E-state index in [-0.39, 0.29) is 11.9 Å². The lowest BCUT2D eigenvalue weighted by atomic mass is 9.71. The standard InChI is InChI=1S/C13H22N2O2/c1-2-8-14-12(16)15-9-7-13(17)6-4-3-5-11(13)10-15/h2,11,17H,1,3-10H2,(H,14,16). The number of rotatable bonds is 2. The number of fused-ring (bicyclic) bond motifs is 1. The largest absolute Gasteiger partial charge is 0.389 e. The smallest absolute Gasteiger partial charge is 0.317 e. The van der Waals surface area contributed by atoms with Gasteiger partial charge in [0.2, 0.25) is 0 Å². The van der Waals surface area contributed by atoms with E-state index in [2.05, 4.69) is 11.9 Å². The third-order valence-corrected chi connectivity index (χ3v) is 4.11. The number of aliphatic hydroxyl groups is 1. The van der Waals surface area contributed by atoms with Gasteiger partial charge in [0.15, 0.2) is 0 Å². The molecule has 2 rings (SSSR count). The van der Waals surface area contributed by atoms with Crippen molar-refractivity contribution in [2.45, 2.75) is 37.7 Å². The summed E-state index contributed by atoms with van der Waals surface area (Å²) < 4.78 is 0. The van der Waals surface area contributed by atoms with Gasteiger partial charge in [-0.1, -0.05) is 18.9 Å². The van der Waals surface area contributed by atoms with Gasteiger partial charge >= 0.3 is 6.03 Å². The third kappa shape index (κ3) is 2.63. The van der Waals surface area contributed by atoms with Crippen LogP contribution in [0, 0.1) is 5.92 Å². The molecular weight excluding hydrogens is 216 g/mol. The zero-order chi connectivity index (χ0) is 12.3. The summed E-state index contributed by atoms with van der Waals surface area (Å²) in [5, 5.41) is 13.3. The first-order chi connectivity index (χ1) is 8.15. The molecule has 0 aromatic heterocycles. The Hall–Kier alpha value is -1.03. The van der Waals surface area contributed by atoms with Gasteiger partial charge in [-0.15, -0.1) is 6.58 Å². The molecule has 17 heavy (non-hydrogen) atoms. The van der Waals surface area contributed by atoms with E-state index in [0.717, 1.165) is 25.7 Å². The highest BCUT2D eigenvalue weighted by Gasteiger charge is 2.43. The third-order valence-electron chi connectivity index (χ3n) is 4.11. The predicted molar refractivity (Wildman–Crippen MR) is 66.7 cm³/mol. The van der Waals surface area contributed by atoms with Crippen LogP contribution in [0.4, 0.5) is 4.79 Å². The zero-order valence-electron chi connectivity index (χ0n) is 10.3. The minimum absolute atomic E-state index is 0.0301. The summed E-state index contributed by atoms with van der Waals surface area (Å²) in [6, 6.07) is -0.0301. The molecular formula is C13H22N2O2. The molecule has 0 aromatic rings. The molecule has 4 heteroatoms. The highest BCUT2D eigenvalue weighted by atomic mass is 16.3. The van der Waals surface area contributed by atoms with E-state index in [1.54, 1.807) is 6.08 Å². The lowest BCUT2D eigenvalue weighted by Crippen LogP contribution is -2.56. The van der Waals surface area contributed by atoms with Gasteiger partial charge in [-0.25, -0.2) is 4.79 Å². The van der Waals surface area contributed by atoms with E-state index in [0.29, 0.717) is 19.6 Å². The van der Waals surface area contributed by atoms with Crippen molar-refractivity contribution in [2.75, 3.05) is 19.6 Å². The topological polar surface area (TPSA) is 52.6 Å². The summed E-state index contributed by atoms with van der Waals surface area (Å²) in [5.74, 6) is 0.263. The van der Waals surface area contributed by atoms with Crippen molar-refractivity contribution in [3.8, 4) is 0 Å². The summed E-state index contributed by atoms with van der Waals surface area (Å²) in [5.41, 5.74) is -0.506. The van der Waals surface area contributed by atoms with Crippen molar-refractivity contribution in [2.24, 2.45) is 5.92 Å². The maximum atomic E-state index is 11.8. The Morgan fingerprint density at radius 2 is 2.35 bits per heavy atom. The van der Waals surface area contributed by atoms with Crippen molar-refractivity contribution >= 4 is 6.03 Å². The first kappa shape index (κ1) is 12.4. The van der Waals surface area contributed by atoms with Crippen LogP contribution in [0.15, 0.2) is 12.7 Å². The number of carbonyl (C=O) groups excluding carboxylic acids is 1. The van der Waals surface area contributed by atoms with Crippen molar-refractivity contribution in [1.82, 2.24) is 10.2 Å². The Bertz CT molecular complexity index is 306. The molecule has 1 aliphatic heterocycles. The molecule has 2 aliphatic rings. The van der Waals surface area contributed by atoms with Gasteiger partial charge in [-0.2, -0.15) is 0 Å². The number of carbonyl (C=O) groups is 1. The normalized spacial score (nSPS) is 32.8. The fourth-order valence-corrected chi connectivity index (χ4v) is 3.03. The molecule has 2 fully saturated rings. The molecule has 0 radical (unpaired) electrons. The Morgan fingerprint density at radius 1 is 1.53 bits per heavy atom. The quantitative estimate of drug-likeness (QED) is 0.716. The van der Waals surface area contributed by atoms with E-state index < -0.39 is 5.60 Å². The van der Waals surface area contributed by atoms with E-state index >= 15 is 0 Å². The molecule has 1 saturated carbocycles. The summed E-state index contributed by atoms with van der Waals surface area (Å²) >= 11 is 0.